The second-order valence-corrected chi connectivity index (χ2v) is 4.81. The molecule has 0 radical (unpaired) electrons. The van der Waals surface area contributed by atoms with Crippen LogP contribution in [0.5, 0.6) is 0 Å². The Morgan fingerprint density at radius 1 is 1.42 bits per heavy atom. The molecule has 0 aromatic carbocycles. The normalized spacial score (nSPS) is 19.9. The van der Waals surface area contributed by atoms with Crippen LogP contribution in [0.15, 0.2) is 0 Å². The van der Waals surface area contributed by atoms with Gasteiger partial charge in [0.1, 0.15) is 12.6 Å². The van der Waals surface area contributed by atoms with Gasteiger partial charge in [-0.3, -0.25) is 0 Å². The van der Waals surface area contributed by atoms with Gasteiger partial charge in [0, 0.05) is 12.6 Å². The molecule has 8 heteroatoms. The van der Waals surface area contributed by atoms with Crippen molar-refractivity contribution in [3.05, 3.63) is 0 Å². The van der Waals surface area contributed by atoms with Crippen molar-refractivity contribution < 1.29 is 27.9 Å². The van der Waals surface area contributed by atoms with Gasteiger partial charge in [0.25, 0.3) is 0 Å². The summed E-state index contributed by atoms with van der Waals surface area (Å²) in [6.45, 7) is 1.74. The van der Waals surface area contributed by atoms with Crippen molar-refractivity contribution in [3.8, 4) is 0 Å². The number of carboxylic acid groups (broad SMARTS) is 1. The summed E-state index contributed by atoms with van der Waals surface area (Å²) in [6.07, 6.45) is -3.74. The second-order valence-electron chi connectivity index (χ2n) is 4.81. The molecule has 1 atom stereocenters. The lowest BCUT2D eigenvalue weighted by atomic mass is 10.2. The van der Waals surface area contributed by atoms with Crippen LogP contribution in [0.1, 0.15) is 26.7 Å². The maximum absolute atomic E-state index is 12.4. The molecule has 1 N–H and O–H groups in total. The molecule has 0 spiro atoms. The van der Waals surface area contributed by atoms with Gasteiger partial charge in [0.2, 0.25) is 0 Å². The lowest BCUT2D eigenvalue weighted by molar-refractivity contribution is -0.145. The maximum Gasteiger partial charge on any atom is 0.406 e. The van der Waals surface area contributed by atoms with Crippen LogP contribution in [-0.4, -0.2) is 58.3 Å². The zero-order valence-electron chi connectivity index (χ0n) is 10.8. The predicted molar refractivity (Wildman–Crippen MR) is 60.7 cm³/mol. The number of carboxylic acids is 1. The number of amides is 2. The molecule has 1 heterocycles. The smallest absolute Gasteiger partial charge is 0.406 e. The van der Waals surface area contributed by atoms with E-state index in [1.165, 1.54) is 13.8 Å². The monoisotopic (exact) mass is 282 g/mol. The number of alkyl halides is 3. The number of hydrogen-bond acceptors (Lipinski definition) is 2. The number of likely N-dealkylation sites (tertiary alicyclic amines) is 1. The highest BCUT2D eigenvalue weighted by Gasteiger charge is 2.40. The Balaban J connectivity index is 2.85. The quantitative estimate of drug-likeness (QED) is 0.860. The third kappa shape index (κ3) is 4.00. The Morgan fingerprint density at radius 2 is 2.00 bits per heavy atom. The van der Waals surface area contributed by atoms with Crippen LogP contribution in [0.25, 0.3) is 0 Å². The SMILES string of the molecule is CC(C)N(CC(F)(F)F)C(=O)N1CCC[C@@H]1C(=O)O. The molecule has 5 nitrogen and oxygen atoms in total. The van der Waals surface area contributed by atoms with Crippen LogP contribution in [0.3, 0.4) is 0 Å². The third-order valence-electron chi connectivity index (χ3n) is 3.00. The Hall–Kier alpha value is -1.47. The van der Waals surface area contributed by atoms with Gasteiger partial charge in [-0.05, 0) is 26.7 Å². The minimum absolute atomic E-state index is 0.177. The molecular formula is C11H17F3N2O3. The van der Waals surface area contributed by atoms with Crippen LogP contribution in [0.4, 0.5) is 18.0 Å². The van der Waals surface area contributed by atoms with Crippen molar-refractivity contribution in [2.75, 3.05) is 13.1 Å². The number of halogens is 3. The highest BCUT2D eigenvalue weighted by Crippen LogP contribution is 2.23. The van der Waals surface area contributed by atoms with Crippen LogP contribution >= 0.6 is 0 Å². The summed E-state index contributed by atoms with van der Waals surface area (Å²) in [4.78, 5) is 24.7. The average molecular weight is 282 g/mol. The molecule has 1 aliphatic heterocycles. The molecule has 110 valence electrons. The zero-order valence-corrected chi connectivity index (χ0v) is 10.8. The van der Waals surface area contributed by atoms with Crippen LogP contribution in [0.2, 0.25) is 0 Å². The topological polar surface area (TPSA) is 60.9 Å². The Bertz CT molecular complexity index is 358. The molecule has 2 amide bonds. The lowest BCUT2D eigenvalue weighted by Crippen LogP contribution is -2.52. The molecular weight excluding hydrogens is 265 g/mol. The first-order valence-corrected chi connectivity index (χ1v) is 6.00. The Labute approximate surface area is 109 Å². The van der Waals surface area contributed by atoms with E-state index in [9.17, 15) is 22.8 Å². The number of rotatable bonds is 3. The minimum Gasteiger partial charge on any atom is -0.480 e. The first-order chi connectivity index (χ1) is 8.63. The molecule has 1 fully saturated rings. The molecule has 0 bridgehead atoms. The van der Waals surface area contributed by atoms with Crippen LogP contribution < -0.4 is 0 Å². The number of carbonyl (C=O) groups excluding carboxylic acids is 1. The van der Waals surface area contributed by atoms with Crippen molar-refractivity contribution in [2.45, 2.75) is 44.9 Å². The van der Waals surface area contributed by atoms with E-state index in [1.807, 2.05) is 0 Å². The van der Waals surface area contributed by atoms with E-state index in [-0.39, 0.29) is 13.0 Å². The summed E-state index contributed by atoms with van der Waals surface area (Å²) in [7, 11) is 0. The second kappa shape index (κ2) is 5.66. The Kier molecular flexibility index (Phi) is 4.65. The van der Waals surface area contributed by atoms with E-state index in [4.69, 9.17) is 5.11 Å². The number of urea groups is 1. The van der Waals surface area contributed by atoms with E-state index >= 15 is 0 Å². The summed E-state index contributed by atoms with van der Waals surface area (Å²) < 4.78 is 37.3. The molecule has 0 aromatic rings. The van der Waals surface area contributed by atoms with Crippen LogP contribution in [-0.2, 0) is 4.79 Å². The van der Waals surface area contributed by atoms with Gasteiger partial charge in [0.05, 0.1) is 0 Å². The predicted octanol–water partition coefficient (Wildman–Crippen LogP) is 1.93. The Morgan fingerprint density at radius 3 is 2.42 bits per heavy atom. The van der Waals surface area contributed by atoms with E-state index in [0.29, 0.717) is 11.3 Å². The van der Waals surface area contributed by atoms with Crippen molar-refractivity contribution >= 4 is 12.0 Å². The lowest BCUT2D eigenvalue weighted by Gasteiger charge is -2.33. The van der Waals surface area contributed by atoms with Crippen molar-refractivity contribution in [1.82, 2.24) is 9.80 Å². The van der Waals surface area contributed by atoms with Gasteiger partial charge >= 0.3 is 18.2 Å². The summed E-state index contributed by atoms with van der Waals surface area (Å²) in [5, 5.41) is 8.95. The molecule has 19 heavy (non-hydrogen) atoms. The highest BCUT2D eigenvalue weighted by molar-refractivity contribution is 5.83. The van der Waals surface area contributed by atoms with E-state index < -0.39 is 36.8 Å². The van der Waals surface area contributed by atoms with Crippen LogP contribution in [0, 0.1) is 0 Å². The van der Waals surface area contributed by atoms with Gasteiger partial charge in [-0.2, -0.15) is 13.2 Å². The van der Waals surface area contributed by atoms with Crippen molar-refractivity contribution in [2.24, 2.45) is 0 Å². The van der Waals surface area contributed by atoms with Gasteiger partial charge in [-0.1, -0.05) is 0 Å². The first-order valence-electron chi connectivity index (χ1n) is 6.00. The van der Waals surface area contributed by atoms with Gasteiger partial charge < -0.3 is 14.9 Å². The number of carbonyl (C=O) groups is 2. The summed E-state index contributed by atoms with van der Waals surface area (Å²) in [5.41, 5.74) is 0. The van der Waals surface area contributed by atoms with Crippen molar-refractivity contribution in [3.63, 3.8) is 0 Å². The fourth-order valence-electron chi connectivity index (χ4n) is 2.08. The molecule has 0 aliphatic carbocycles. The molecule has 0 unspecified atom stereocenters. The zero-order chi connectivity index (χ0) is 14.8. The van der Waals surface area contributed by atoms with Gasteiger partial charge in [-0.15, -0.1) is 0 Å². The molecule has 1 saturated heterocycles. The molecule has 1 rings (SSSR count). The standard InChI is InChI=1S/C11H17F3N2O3/c1-7(2)16(6-11(12,13)14)10(19)15-5-3-4-8(15)9(17)18/h7-8H,3-6H2,1-2H3,(H,17,18)/t8-/m1/s1. The summed E-state index contributed by atoms with van der Waals surface area (Å²) in [6, 6.07) is -2.54. The first kappa shape index (κ1) is 15.6. The van der Waals surface area contributed by atoms with E-state index in [2.05, 4.69) is 0 Å². The number of nitrogens with zero attached hydrogens (tertiary/aromatic N) is 2. The summed E-state index contributed by atoms with van der Waals surface area (Å²) >= 11 is 0. The van der Waals surface area contributed by atoms with E-state index in [0.717, 1.165) is 4.90 Å². The molecule has 0 aromatic heterocycles. The minimum atomic E-state index is -4.50. The largest absolute Gasteiger partial charge is 0.480 e. The van der Waals surface area contributed by atoms with Crippen molar-refractivity contribution in [1.29, 1.82) is 0 Å². The number of aliphatic carboxylic acids is 1. The summed E-state index contributed by atoms with van der Waals surface area (Å²) in [5.74, 6) is -1.18. The highest BCUT2D eigenvalue weighted by atomic mass is 19.4. The molecule has 1 aliphatic rings. The maximum atomic E-state index is 12.4. The van der Waals surface area contributed by atoms with Gasteiger partial charge in [-0.25, -0.2) is 9.59 Å². The molecule has 0 saturated carbocycles. The fourth-order valence-corrected chi connectivity index (χ4v) is 2.08. The fraction of sp³-hybridized carbons (Fsp3) is 0.818. The third-order valence-corrected chi connectivity index (χ3v) is 3.00. The number of hydrogen-bond donors (Lipinski definition) is 1. The van der Waals surface area contributed by atoms with E-state index in [1.54, 1.807) is 0 Å². The van der Waals surface area contributed by atoms with Gasteiger partial charge in [0.15, 0.2) is 0 Å². The average Bonchev–Trinajstić information content (AvgIpc) is 2.72.